The summed E-state index contributed by atoms with van der Waals surface area (Å²) >= 11 is 0. The maximum Gasteiger partial charge on any atom is 4.00 e. The largest absolute Gasteiger partial charge is 4.00 e. The number of allylic oxidation sites excluding steroid dienone is 4. The Morgan fingerprint density at radius 2 is 0.896 bits per heavy atom. The van der Waals surface area contributed by atoms with Gasteiger partial charge in [0.2, 0.25) is 0 Å². The van der Waals surface area contributed by atoms with Crippen LogP contribution in [-0.2, 0) is 34.6 Å². The van der Waals surface area contributed by atoms with Crippen molar-refractivity contribution in [2.24, 2.45) is 0 Å². The average Bonchev–Trinajstić information content (AvgIpc) is 3.15. The molecule has 0 saturated heterocycles. The van der Waals surface area contributed by atoms with E-state index in [1.807, 2.05) is 0 Å². The smallest absolute Gasteiger partial charge is 1.00 e. The summed E-state index contributed by atoms with van der Waals surface area (Å²) in [6.45, 7) is 23.3. The van der Waals surface area contributed by atoms with Crippen LogP contribution in [0.3, 0.4) is 0 Å². The number of unbranched alkanes of at least 4 members (excludes halogenated alkanes) is 6. The van der Waals surface area contributed by atoms with E-state index in [4.69, 9.17) is 0 Å². The molecule has 3 aromatic carbocycles. The van der Waals surface area contributed by atoms with Crippen molar-refractivity contribution in [1.29, 1.82) is 0 Å². The van der Waals surface area contributed by atoms with Gasteiger partial charge in [0.05, 0.1) is 0 Å². The molecule has 4 rings (SSSR count). The first-order valence-corrected chi connectivity index (χ1v) is 19.6. The number of benzene rings is 3. The van der Waals surface area contributed by atoms with Gasteiger partial charge in [-0.2, -0.15) is 11.1 Å². The summed E-state index contributed by atoms with van der Waals surface area (Å²) in [5, 5.41) is 4.42. The second-order valence-electron chi connectivity index (χ2n) is 14.3. The molecule has 1 unspecified atom stereocenters. The van der Waals surface area contributed by atoms with E-state index < -0.39 is 8.07 Å². The van der Waals surface area contributed by atoms with Crippen molar-refractivity contribution in [1.82, 2.24) is 0 Å². The van der Waals surface area contributed by atoms with Gasteiger partial charge in [0, 0.05) is 0 Å². The minimum absolute atomic E-state index is 0. The SMILES string of the molecule is CCCCCCc1cc(CCCCCC)cc([Si](c2cc(C)cc(C)c2)(c2cc(C)cc(C)c2)C2(C)[C-]=C(C)C(C)=C2C)c1.[Cl-].[Cl-].[Cl-].[Ti+4]. The Balaban J connectivity index is 0.00000552. The number of halogens is 3. The van der Waals surface area contributed by atoms with Crippen LogP contribution in [0.25, 0.3) is 0 Å². The standard InChI is InChI=1S/C43H59Si.3ClH.Ti/c1-11-13-15-17-19-38-27-39(20-18-16-14-12-2)29-42(28-38)44(40-23-31(3)21-32(4)24-40,41-25-33(5)22-34(6)26-41)43(10)30-35(7)36(8)37(43)9;;;;/h21-29H,11-20H2,1-10H3;3*1H;/q-1;;;;+4/p-3. The van der Waals surface area contributed by atoms with Gasteiger partial charge in [0.1, 0.15) is 8.07 Å². The van der Waals surface area contributed by atoms with E-state index in [9.17, 15) is 0 Å². The molecule has 260 valence electrons. The van der Waals surface area contributed by atoms with Crippen LogP contribution in [0.2, 0.25) is 5.04 Å². The summed E-state index contributed by atoms with van der Waals surface area (Å²) in [6.07, 6.45) is 16.9. The van der Waals surface area contributed by atoms with Crippen LogP contribution >= 0.6 is 0 Å². The van der Waals surface area contributed by atoms with E-state index in [2.05, 4.69) is 130 Å². The van der Waals surface area contributed by atoms with Crippen molar-refractivity contribution < 1.29 is 58.9 Å². The number of hydrogen-bond acceptors (Lipinski definition) is 0. The Morgan fingerprint density at radius 3 is 1.23 bits per heavy atom. The Bertz CT molecular complexity index is 1420. The molecule has 0 radical (unpaired) electrons. The third kappa shape index (κ3) is 10.0. The van der Waals surface area contributed by atoms with Gasteiger partial charge in [-0.15, -0.1) is 6.92 Å². The molecule has 0 N–H and O–H groups in total. The van der Waals surface area contributed by atoms with Gasteiger partial charge >= 0.3 is 21.7 Å². The van der Waals surface area contributed by atoms with Crippen LogP contribution in [0.15, 0.2) is 71.3 Å². The van der Waals surface area contributed by atoms with Crippen LogP contribution in [0.4, 0.5) is 0 Å². The Morgan fingerprint density at radius 1 is 0.521 bits per heavy atom. The van der Waals surface area contributed by atoms with Crippen LogP contribution in [0.5, 0.6) is 0 Å². The third-order valence-corrected chi connectivity index (χ3v) is 16.0. The van der Waals surface area contributed by atoms with Crippen molar-refractivity contribution in [2.45, 2.75) is 138 Å². The molecule has 0 saturated carbocycles. The monoisotopic (exact) mass is 756 g/mol. The Labute approximate surface area is 329 Å². The van der Waals surface area contributed by atoms with Crippen molar-refractivity contribution in [3.05, 3.63) is 111 Å². The molecule has 0 amide bonds. The molecule has 1 aliphatic carbocycles. The second-order valence-corrected chi connectivity index (χ2v) is 18.5. The molecule has 0 fully saturated rings. The topological polar surface area (TPSA) is 0 Å². The van der Waals surface area contributed by atoms with Crippen LogP contribution in [-0.4, -0.2) is 8.07 Å². The molecule has 3 aromatic rings. The summed E-state index contributed by atoms with van der Waals surface area (Å²) in [6, 6.07) is 22.7. The van der Waals surface area contributed by atoms with Gasteiger partial charge in [0.15, 0.2) is 0 Å². The molecule has 0 bridgehead atoms. The summed E-state index contributed by atoms with van der Waals surface area (Å²) in [4.78, 5) is 0. The van der Waals surface area contributed by atoms with E-state index in [1.165, 1.54) is 125 Å². The number of rotatable bonds is 14. The summed E-state index contributed by atoms with van der Waals surface area (Å²) in [5.74, 6) is 0. The van der Waals surface area contributed by atoms with Gasteiger partial charge in [-0.05, 0) is 80.1 Å². The predicted octanol–water partition coefficient (Wildman–Crippen LogP) is 1.51. The first-order chi connectivity index (χ1) is 21.0. The first kappa shape index (κ1) is 46.9. The van der Waals surface area contributed by atoms with Gasteiger partial charge in [-0.3, -0.25) is 6.08 Å². The molecule has 0 aliphatic heterocycles. The maximum absolute atomic E-state index is 4.21. The van der Waals surface area contributed by atoms with Gasteiger partial charge in [0.25, 0.3) is 0 Å². The summed E-state index contributed by atoms with van der Waals surface area (Å²) in [5.41, 5.74) is 12.8. The van der Waals surface area contributed by atoms with Gasteiger partial charge in [-0.1, -0.05) is 155 Å². The fourth-order valence-corrected chi connectivity index (χ4v) is 14.6. The van der Waals surface area contributed by atoms with Gasteiger partial charge < -0.3 is 37.2 Å². The first-order valence-electron chi connectivity index (χ1n) is 17.6. The fraction of sp³-hybridized carbons (Fsp3) is 0.488. The van der Waals surface area contributed by atoms with E-state index in [0.717, 1.165) is 0 Å². The Kier molecular flexibility index (Phi) is 20.2. The summed E-state index contributed by atoms with van der Waals surface area (Å²) < 4.78 is 0. The second kappa shape index (κ2) is 20.7. The Hall–Kier alpha value is -1.06. The van der Waals surface area contributed by atoms with Crippen LogP contribution < -0.4 is 52.8 Å². The number of hydrogen-bond donors (Lipinski definition) is 0. The summed E-state index contributed by atoms with van der Waals surface area (Å²) in [7, 11) is -2.75. The fourth-order valence-electron chi connectivity index (χ4n) is 8.12. The molecular formula is C43H59Cl3SiTi. The van der Waals surface area contributed by atoms with Gasteiger partial charge in [-0.25, -0.2) is 5.57 Å². The van der Waals surface area contributed by atoms with E-state index in [-0.39, 0.29) is 64.0 Å². The minimum Gasteiger partial charge on any atom is -1.00 e. The zero-order chi connectivity index (χ0) is 32.1. The van der Waals surface area contributed by atoms with E-state index in [0.29, 0.717) is 0 Å². The predicted molar refractivity (Wildman–Crippen MR) is 198 cm³/mol. The molecule has 1 aliphatic rings. The number of aryl methyl sites for hydroxylation is 6. The zero-order valence-electron chi connectivity index (χ0n) is 31.4. The molecule has 0 spiro atoms. The maximum atomic E-state index is 4.21. The van der Waals surface area contributed by atoms with Crippen molar-refractivity contribution in [3.63, 3.8) is 0 Å². The molecule has 1 atom stereocenters. The molecule has 5 heteroatoms. The third-order valence-electron chi connectivity index (χ3n) is 10.5. The van der Waals surface area contributed by atoms with E-state index >= 15 is 0 Å². The molecule has 48 heavy (non-hydrogen) atoms. The molecule has 0 nitrogen and oxygen atoms in total. The average molecular weight is 758 g/mol. The van der Waals surface area contributed by atoms with Crippen molar-refractivity contribution >= 4 is 23.6 Å². The van der Waals surface area contributed by atoms with Crippen LogP contribution in [0.1, 0.15) is 126 Å². The quantitative estimate of drug-likeness (QED) is 0.101. The molecular weight excluding hydrogens is 699 g/mol. The van der Waals surface area contributed by atoms with Crippen molar-refractivity contribution in [2.75, 3.05) is 0 Å². The zero-order valence-corrected chi connectivity index (χ0v) is 36.2. The normalized spacial score (nSPS) is 15.6. The van der Waals surface area contributed by atoms with E-state index in [1.54, 1.807) is 5.19 Å². The molecule has 0 aromatic heterocycles. The molecule has 0 heterocycles. The van der Waals surface area contributed by atoms with Crippen molar-refractivity contribution in [3.8, 4) is 0 Å². The minimum atomic E-state index is -2.75. The van der Waals surface area contributed by atoms with Crippen LogP contribution in [0, 0.1) is 33.8 Å².